The van der Waals surface area contributed by atoms with Gasteiger partial charge in [0.15, 0.2) is 0 Å². The number of imide groups is 1. The van der Waals surface area contributed by atoms with Crippen molar-refractivity contribution in [2.75, 3.05) is 17.7 Å². The maximum atomic E-state index is 14.9. The minimum atomic E-state index is -6.44. The van der Waals surface area contributed by atoms with Gasteiger partial charge in [0.25, 0.3) is 5.91 Å². The van der Waals surface area contributed by atoms with Crippen LogP contribution in [0, 0.1) is 12.8 Å². The highest BCUT2D eigenvalue weighted by molar-refractivity contribution is 6.11. The summed E-state index contributed by atoms with van der Waals surface area (Å²) in [7, 11) is 1.12. The van der Waals surface area contributed by atoms with E-state index in [1.54, 1.807) is 37.3 Å². The van der Waals surface area contributed by atoms with Crippen LogP contribution in [0.5, 0.6) is 5.75 Å². The molecule has 3 aromatic rings. The lowest BCUT2D eigenvalue weighted by Gasteiger charge is -2.37. The van der Waals surface area contributed by atoms with Crippen LogP contribution in [0.25, 0.3) is 0 Å². The number of nitrogens with zero attached hydrogens (tertiary/aromatic N) is 2. The summed E-state index contributed by atoms with van der Waals surface area (Å²) in [4.78, 5) is 64.7. The number of carboxylic acid groups (broad SMARTS) is 1. The Balaban J connectivity index is 1.75. The molecule has 0 aliphatic carbocycles. The van der Waals surface area contributed by atoms with Crippen LogP contribution in [0.1, 0.15) is 49.4 Å². The number of amides is 6. The number of halogens is 6. The fourth-order valence-corrected chi connectivity index (χ4v) is 6.09. The van der Waals surface area contributed by atoms with Crippen molar-refractivity contribution in [3.63, 3.8) is 0 Å². The molecular weight excluding hydrogens is 728 g/mol. The predicted octanol–water partition coefficient (Wildman–Crippen LogP) is 7.02. The number of carboxylic acids is 1. The topological polar surface area (TPSA) is 157 Å². The molecule has 290 valence electrons. The average molecular weight is 766 g/mol. The van der Waals surface area contributed by atoms with E-state index >= 15 is 0 Å². The monoisotopic (exact) mass is 765 g/mol. The number of hydrogen-bond donors (Lipinski definition) is 4. The lowest BCUT2D eigenvalue weighted by atomic mass is 9.93. The number of hydrogen-bond acceptors (Lipinski definition) is 6. The molecule has 4 N–H and O–H groups in total. The zero-order valence-corrected chi connectivity index (χ0v) is 29.3. The molecule has 0 radical (unpaired) electrons. The Morgan fingerprint density at radius 1 is 0.870 bits per heavy atom. The fraction of sp³-hybridized carbons (Fsp3) is 0.361. The highest BCUT2D eigenvalue weighted by atomic mass is 19.4. The molecule has 12 nitrogen and oxygen atoms in total. The summed E-state index contributed by atoms with van der Waals surface area (Å²) in [6.45, 7) is 3.20. The third-order valence-corrected chi connectivity index (χ3v) is 8.64. The number of methoxy groups -OCH3 is 1. The van der Waals surface area contributed by atoms with Crippen molar-refractivity contribution in [3.05, 3.63) is 89.5 Å². The third-order valence-electron chi connectivity index (χ3n) is 8.64. The second-order valence-corrected chi connectivity index (χ2v) is 12.9. The van der Waals surface area contributed by atoms with Crippen molar-refractivity contribution in [2.45, 2.75) is 70.1 Å². The number of para-hydroxylation sites is 1. The van der Waals surface area contributed by atoms with Crippen molar-refractivity contribution < 1.29 is 60.2 Å². The van der Waals surface area contributed by atoms with Crippen molar-refractivity contribution in [3.8, 4) is 5.75 Å². The largest absolute Gasteiger partial charge is 0.495 e. The van der Waals surface area contributed by atoms with E-state index in [1.807, 2.05) is 0 Å². The zero-order valence-electron chi connectivity index (χ0n) is 29.3. The van der Waals surface area contributed by atoms with Crippen LogP contribution in [0.4, 0.5) is 47.3 Å². The summed E-state index contributed by atoms with van der Waals surface area (Å²) in [5.41, 5.74) is -4.44. The number of carbonyl (C=O) groups is 5. The van der Waals surface area contributed by atoms with Gasteiger partial charge in [-0.2, -0.15) is 26.3 Å². The van der Waals surface area contributed by atoms with Crippen molar-refractivity contribution >= 4 is 41.2 Å². The van der Waals surface area contributed by atoms with Gasteiger partial charge < -0.3 is 25.8 Å². The summed E-state index contributed by atoms with van der Waals surface area (Å²) in [6, 6.07) is 11.0. The van der Waals surface area contributed by atoms with Crippen molar-refractivity contribution in [2.24, 2.45) is 5.92 Å². The number of nitrogens with one attached hydrogen (secondary N) is 3. The molecule has 1 fully saturated rings. The van der Waals surface area contributed by atoms with Gasteiger partial charge in [-0.25, -0.2) is 14.5 Å². The molecule has 4 rings (SSSR count). The first-order valence-corrected chi connectivity index (χ1v) is 16.4. The second kappa shape index (κ2) is 16.1. The maximum absolute atomic E-state index is 14.9. The number of anilines is 2. The first-order valence-electron chi connectivity index (χ1n) is 16.4. The second-order valence-electron chi connectivity index (χ2n) is 12.9. The molecule has 54 heavy (non-hydrogen) atoms. The number of carbonyl (C=O) groups excluding carboxylic acids is 4. The minimum absolute atomic E-state index is 0.0429. The molecule has 0 aromatic heterocycles. The van der Waals surface area contributed by atoms with E-state index in [0.29, 0.717) is 5.69 Å². The summed E-state index contributed by atoms with van der Waals surface area (Å²) in [5, 5.41) is 16.8. The molecule has 1 saturated heterocycles. The highest BCUT2D eigenvalue weighted by Gasteiger charge is 2.84. The number of aryl methyl sites for hydroxylation is 1. The molecule has 1 aliphatic rings. The lowest BCUT2D eigenvalue weighted by molar-refractivity contribution is -0.315. The molecule has 1 aliphatic heterocycles. The molecule has 18 heteroatoms. The predicted molar refractivity (Wildman–Crippen MR) is 182 cm³/mol. The van der Waals surface area contributed by atoms with Crippen LogP contribution in [-0.4, -0.2) is 75.8 Å². The summed E-state index contributed by atoms with van der Waals surface area (Å²) >= 11 is 0. The minimum Gasteiger partial charge on any atom is -0.495 e. The van der Waals surface area contributed by atoms with E-state index in [-0.39, 0.29) is 27.5 Å². The van der Waals surface area contributed by atoms with E-state index in [0.717, 1.165) is 30.9 Å². The van der Waals surface area contributed by atoms with E-state index in [1.165, 1.54) is 38.1 Å². The highest BCUT2D eigenvalue weighted by Crippen LogP contribution is 2.53. The van der Waals surface area contributed by atoms with Crippen LogP contribution >= 0.6 is 0 Å². The Kier molecular flexibility index (Phi) is 12.2. The van der Waals surface area contributed by atoms with Crippen LogP contribution in [-0.2, 0) is 20.9 Å². The summed E-state index contributed by atoms with van der Waals surface area (Å²) < 4.78 is 94.7. The van der Waals surface area contributed by atoms with E-state index in [4.69, 9.17) is 4.74 Å². The maximum Gasteiger partial charge on any atom is 0.430 e. The molecule has 6 amide bonds. The van der Waals surface area contributed by atoms with Crippen molar-refractivity contribution in [1.29, 1.82) is 0 Å². The molecule has 2 atom stereocenters. The first kappa shape index (κ1) is 41.0. The van der Waals surface area contributed by atoms with Crippen LogP contribution < -0.4 is 20.7 Å². The standard InChI is InChI=1S/C36H37F6N5O7/c1-20(2)16-27(30(50)43-26(18-29(48)49)23-11-6-5-7-12-23)47-31(51)34(35(37,38)39,36(40,41)42)46(33(47)53)19-22-14-15-25(28(17-22)54-4)45-32(52)44-24-13-9-8-10-21(24)3/h5-15,17,20,26-27H,16,18-19H2,1-4H3,(H,43,50)(H,48,49)(H2,44,45,52). The number of alkyl halides is 6. The Hall–Kier alpha value is -5.81. The average Bonchev–Trinajstić information content (AvgIpc) is 3.30. The SMILES string of the molecule is COc1cc(CN2C(=O)N(C(CC(C)C)C(=O)NC(CC(=O)O)c3ccccc3)C(=O)C2(C(F)(F)F)C(F)(F)F)ccc1NC(=O)Nc1ccccc1C. The molecule has 0 spiro atoms. The van der Waals surface area contributed by atoms with Gasteiger partial charge in [0, 0.05) is 12.2 Å². The lowest BCUT2D eigenvalue weighted by Crippen LogP contribution is -2.69. The van der Waals surface area contributed by atoms with E-state index < -0.39 is 90.0 Å². The Morgan fingerprint density at radius 3 is 2.02 bits per heavy atom. The quantitative estimate of drug-likeness (QED) is 0.108. The van der Waals surface area contributed by atoms with E-state index in [9.17, 15) is 55.4 Å². The number of aliphatic carboxylic acids is 1. The smallest absolute Gasteiger partial charge is 0.430 e. The number of rotatable bonds is 13. The zero-order chi connectivity index (χ0) is 40.2. The van der Waals surface area contributed by atoms with Gasteiger partial charge in [0.1, 0.15) is 11.8 Å². The molecule has 3 aromatic carbocycles. The number of benzene rings is 3. The van der Waals surface area contributed by atoms with Crippen LogP contribution in [0.3, 0.4) is 0 Å². The molecule has 1 heterocycles. The van der Waals surface area contributed by atoms with Gasteiger partial charge in [-0.3, -0.25) is 19.3 Å². The summed E-state index contributed by atoms with van der Waals surface area (Å²) in [6.07, 6.45) is -14.2. The normalized spacial score (nSPS) is 15.5. The number of ether oxygens (including phenoxy) is 1. The van der Waals surface area contributed by atoms with Crippen LogP contribution in [0.15, 0.2) is 72.8 Å². The molecule has 0 bridgehead atoms. The first-order chi connectivity index (χ1) is 25.2. The molecule has 2 unspecified atom stereocenters. The third kappa shape index (κ3) is 8.36. The fourth-order valence-electron chi connectivity index (χ4n) is 6.09. The van der Waals surface area contributed by atoms with E-state index in [2.05, 4.69) is 16.0 Å². The van der Waals surface area contributed by atoms with Gasteiger partial charge in [-0.15, -0.1) is 0 Å². The van der Waals surface area contributed by atoms with Gasteiger partial charge in [0.2, 0.25) is 5.91 Å². The van der Waals surface area contributed by atoms with Gasteiger partial charge in [-0.05, 0) is 54.2 Å². The van der Waals surface area contributed by atoms with Crippen LogP contribution in [0.2, 0.25) is 0 Å². The molecule has 0 saturated carbocycles. The number of urea groups is 2. The molecular formula is C36H37F6N5O7. The van der Waals surface area contributed by atoms with Gasteiger partial charge >= 0.3 is 35.9 Å². The Morgan fingerprint density at radius 2 is 1.46 bits per heavy atom. The van der Waals surface area contributed by atoms with Crippen molar-refractivity contribution in [1.82, 2.24) is 15.1 Å². The Labute approximate surface area is 305 Å². The summed E-state index contributed by atoms with van der Waals surface area (Å²) in [5.74, 6) is -6.37. The van der Waals surface area contributed by atoms with Gasteiger partial charge in [0.05, 0.1) is 25.3 Å². The Bertz CT molecular complexity index is 1870. The van der Waals surface area contributed by atoms with Gasteiger partial charge in [-0.1, -0.05) is 68.4 Å².